The summed E-state index contributed by atoms with van der Waals surface area (Å²) in [6.45, 7) is 4.56. The number of aliphatic hydroxyl groups excluding tert-OH is 1. The van der Waals surface area contributed by atoms with Gasteiger partial charge in [-0.1, -0.05) is 323 Å². The Hall–Kier alpha value is -2.58. The first-order valence-corrected chi connectivity index (χ1v) is 36.1. The zero-order valence-electron chi connectivity index (χ0n) is 54.4. The van der Waals surface area contributed by atoms with Crippen LogP contribution in [0.2, 0.25) is 0 Å². The van der Waals surface area contributed by atoms with Crippen LogP contribution in [0.1, 0.15) is 309 Å². The summed E-state index contributed by atoms with van der Waals surface area (Å²) in [4.78, 5) is 25.6. The molecule has 0 spiro atoms. The minimum absolute atomic E-state index is 0.00243. The smallest absolute Gasteiger partial charge is 0.268 e. The van der Waals surface area contributed by atoms with Crippen molar-refractivity contribution in [2.45, 2.75) is 321 Å². The molecule has 476 valence electrons. The van der Waals surface area contributed by atoms with Gasteiger partial charge < -0.3 is 28.8 Å². The van der Waals surface area contributed by atoms with Gasteiger partial charge in [0.25, 0.3) is 7.82 Å². The molecule has 0 aromatic rings. The van der Waals surface area contributed by atoms with E-state index < -0.39 is 20.0 Å². The lowest BCUT2D eigenvalue weighted by molar-refractivity contribution is -0.870. The van der Waals surface area contributed by atoms with E-state index >= 15 is 0 Å². The average Bonchev–Trinajstić information content (AvgIpc) is 3.46. The molecule has 0 aliphatic rings. The van der Waals surface area contributed by atoms with Gasteiger partial charge in [-0.25, -0.2) is 0 Å². The van der Waals surface area contributed by atoms with Crippen LogP contribution in [-0.4, -0.2) is 68.5 Å². The van der Waals surface area contributed by atoms with Gasteiger partial charge in [0, 0.05) is 6.42 Å². The van der Waals surface area contributed by atoms with Crippen molar-refractivity contribution in [2.75, 3.05) is 40.9 Å². The van der Waals surface area contributed by atoms with Crippen LogP contribution in [0.4, 0.5) is 0 Å². The third-order valence-electron chi connectivity index (χ3n) is 15.3. The van der Waals surface area contributed by atoms with Crippen molar-refractivity contribution in [1.82, 2.24) is 5.32 Å². The predicted octanol–water partition coefficient (Wildman–Crippen LogP) is 21.5. The largest absolute Gasteiger partial charge is 0.756 e. The van der Waals surface area contributed by atoms with Gasteiger partial charge in [-0.15, -0.1) is 0 Å². The Labute approximate surface area is 509 Å². The molecule has 9 heteroatoms. The minimum Gasteiger partial charge on any atom is -0.756 e. The molecule has 0 bridgehead atoms. The molecule has 2 N–H and O–H groups in total. The maximum atomic E-state index is 13.0. The van der Waals surface area contributed by atoms with Crippen LogP contribution in [0.3, 0.4) is 0 Å². The third kappa shape index (κ3) is 65.0. The second kappa shape index (κ2) is 62.9. The summed E-state index contributed by atoms with van der Waals surface area (Å²) >= 11 is 0. The molecule has 3 atom stereocenters. The van der Waals surface area contributed by atoms with Crippen LogP contribution in [0.15, 0.2) is 97.2 Å². The van der Waals surface area contributed by atoms with Gasteiger partial charge in [0.1, 0.15) is 13.2 Å². The van der Waals surface area contributed by atoms with Gasteiger partial charge in [-0.3, -0.25) is 9.36 Å². The van der Waals surface area contributed by atoms with Gasteiger partial charge in [0.05, 0.1) is 39.9 Å². The van der Waals surface area contributed by atoms with Gasteiger partial charge in [-0.05, 0) is 77.0 Å². The molecule has 0 radical (unpaired) electrons. The second-order valence-electron chi connectivity index (χ2n) is 24.5. The number of phosphoric acid groups is 1. The van der Waals surface area contributed by atoms with Gasteiger partial charge in [-0.2, -0.15) is 0 Å². The quantitative estimate of drug-likeness (QED) is 0.0272. The number of unbranched alkanes of at least 4 members (excludes halogenated alkanes) is 36. The molecule has 8 nitrogen and oxygen atoms in total. The van der Waals surface area contributed by atoms with E-state index in [9.17, 15) is 19.4 Å². The second-order valence-corrected chi connectivity index (χ2v) is 25.9. The Kier molecular flexibility index (Phi) is 61.0. The molecule has 3 unspecified atom stereocenters. The Morgan fingerprint density at radius 3 is 1.09 bits per heavy atom. The molecule has 0 aliphatic heterocycles. The van der Waals surface area contributed by atoms with Crippen molar-refractivity contribution in [3.05, 3.63) is 97.2 Å². The highest BCUT2D eigenvalue weighted by Crippen LogP contribution is 2.38. The monoisotopic (exact) mass is 1160 g/mol. The third-order valence-corrected chi connectivity index (χ3v) is 16.3. The van der Waals surface area contributed by atoms with E-state index in [-0.39, 0.29) is 19.1 Å². The molecular formula is C73H133N2O6P. The lowest BCUT2D eigenvalue weighted by atomic mass is 10.0. The number of nitrogens with zero attached hydrogens (tertiary/aromatic N) is 1. The molecule has 0 aromatic carbocycles. The SMILES string of the molecule is CC/C=C\C/C=C\C/C=C\C/C=C\C/C=C\C/C=C\C/C=C\CCCCCCCCCCCCCCCCCCCC(=O)NC(COP(=O)([O-])OCC[N+](C)(C)C)C(O)/C=C/CCCCCCCCCCCCCCCCCCCCC. The summed E-state index contributed by atoms with van der Waals surface area (Å²) in [5.41, 5.74) is 0. The minimum atomic E-state index is -4.61. The molecule has 0 aliphatic carbocycles. The van der Waals surface area contributed by atoms with E-state index in [1.54, 1.807) is 6.08 Å². The number of rotatable bonds is 63. The molecule has 0 saturated heterocycles. The van der Waals surface area contributed by atoms with Gasteiger partial charge >= 0.3 is 0 Å². The van der Waals surface area contributed by atoms with E-state index in [0.29, 0.717) is 17.4 Å². The van der Waals surface area contributed by atoms with Gasteiger partial charge in [0.2, 0.25) is 5.91 Å². The fourth-order valence-electron chi connectivity index (χ4n) is 9.96. The molecule has 1 amide bonds. The first-order chi connectivity index (χ1) is 40.0. The van der Waals surface area contributed by atoms with E-state index in [0.717, 1.165) is 83.5 Å². The fourth-order valence-corrected chi connectivity index (χ4v) is 10.7. The van der Waals surface area contributed by atoms with Crippen LogP contribution < -0.4 is 10.2 Å². The van der Waals surface area contributed by atoms with Crippen LogP contribution in [0, 0.1) is 0 Å². The van der Waals surface area contributed by atoms with Gasteiger partial charge in [0.15, 0.2) is 0 Å². The van der Waals surface area contributed by atoms with Crippen molar-refractivity contribution in [1.29, 1.82) is 0 Å². The van der Waals surface area contributed by atoms with E-state index in [4.69, 9.17) is 9.05 Å². The molecule has 82 heavy (non-hydrogen) atoms. The van der Waals surface area contributed by atoms with Crippen LogP contribution >= 0.6 is 7.82 Å². The lowest BCUT2D eigenvalue weighted by Gasteiger charge is -2.29. The van der Waals surface area contributed by atoms with E-state index in [1.165, 1.54) is 205 Å². The standard InChI is InChI=1S/C73H133N2O6P/c1-6-8-10-12-14-16-18-20-22-24-26-28-29-30-31-32-33-34-35-36-37-38-39-40-41-42-43-44-45-47-49-51-53-55-57-59-61-63-65-67-73(77)74-71(70-81-82(78,79)80-69-68-75(3,4)5)72(76)66-64-62-60-58-56-54-52-50-48-46-27-25-23-21-19-17-15-13-11-9-7-2/h8,10,14,16,20,22,26,28,30-31,33-34,36-37,64,66,71-72,76H,6-7,9,11-13,15,17-19,21,23-25,27,29,32,35,38-63,65,67-70H2,1-5H3,(H-,74,77,78,79)/b10-8-,16-14-,22-20-,28-26-,31-30-,34-33-,37-36-,66-64+. The summed E-state index contributed by atoms with van der Waals surface area (Å²) in [6.07, 6.45) is 90.9. The lowest BCUT2D eigenvalue weighted by Crippen LogP contribution is -2.45. The van der Waals surface area contributed by atoms with Crippen molar-refractivity contribution in [3.63, 3.8) is 0 Å². The average molecular weight is 1170 g/mol. The summed E-state index contributed by atoms with van der Waals surface area (Å²) in [5.74, 6) is -0.195. The Balaban J connectivity index is 4.03. The van der Waals surface area contributed by atoms with Crippen molar-refractivity contribution >= 4 is 13.7 Å². The summed E-state index contributed by atoms with van der Waals surface area (Å²) in [6, 6.07) is -0.891. The number of likely N-dealkylation sites (N-methyl/N-ethyl adjacent to an activating group) is 1. The van der Waals surface area contributed by atoms with Crippen LogP contribution in [-0.2, 0) is 18.4 Å². The molecular weight excluding hydrogens is 1030 g/mol. The molecule has 0 fully saturated rings. The maximum absolute atomic E-state index is 13.0. The first kappa shape index (κ1) is 79.4. The van der Waals surface area contributed by atoms with E-state index in [1.807, 2.05) is 27.2 Å². The highest BCUT2D eigenvalue weighted by atomic mass is 31.2. The zero-order valence-corrected chi connectivity index (χ0v) is 55.3. The summed E-state index contributed by atoms with van der Waals surface area (Å²) in [7, 11) is 1.27. The highest BCUT2D eigenvalue weighted by Gasteiger charge is 2.23. The van der Waals surface area contributed by atoms with Crippen molar-refractivity contribution in [2.24, 2.45) is 0 Å². The number of aliphatic hydroxyl groups is 1. The predicted molar refractivity (Wildman–Crippen MR) is 357 cm³/mol. The fraction of sp³-hybridized carbons (Fsp3) is 0.767. The zero-order chi connectivity index (χ0) is 59.8. The topological polar surface area (TPSA) is 108 Å². The number of carbonyl (C=O) groups is 1. The van der Waals surface area contributed by atoms with E-state index in [2.05, 4.69) is 104 Å². The first-order valence-electron chi connectivity index (χ1n) is 34.6. The van der Waals surface area contributed by atoms with Crippen molar-refractivity contribution < 1.29 is 32.9 Å². The number of phosphoric ester groups is 1. The number of hydrogen-bond donors (Lipinski definition) is 2. The highest BCUT2D eigenvalue weighted by molar-refractivity contribution is 7.45. The van der Waals surface area contributed by atoms with Crippen LogP contribution in [0.25, 0.3) is 0 Å². The number of nitrogens with one attached hydrogen (secondary N) is 1. The van der Waals surface area contributed by atoms with Crippen molar-refractivity contribution in [3.8, 4) is 0 Å². The molecule has 0 rings (SSSR count). The normalized spacial score (nSPS) is 14.3. The Morgan fingerprint density at radius 1 is 0.439 bits per heavy atom. The number of hydrogen-bond acceptors (Lipinski definition) is 6. The summed E-state index contributed by atoms with van der Waals surface area (Å²) in [5, 5.41) is 14.0. The Bertz CT molecular complexity index is 1660. The summed E-state index contributed by atoms with van der Waals surface area (Å²) < 4.78 is 23.4. The maximum Gasteiger partial charge on any atom is 0.268 e. The Morgan fingerprint density at radius 2 is 0.744 bits per heavy atom. The molecule has 0 heterocycles. The number of carbonyl (C=O) groups excluding carboxylic acids is 1. The van der Waals surface area contributed by atoms with Crippen LogP contribution in [0.5, 0.6) is 0 Å². The number of amides is 1. The molecule has 0 saturated carbocycles. The molecule has 0 aromatic heterocycles. The number of allylic oxidation sites excluding steroid dienone is 15. The number of quaternary nitrogens is 1.